The second-order valence-electron chi connectivity index (χ2n) is 13.4. The SMILES string of the molecule is CC1CC=CC2=C1C(C)(C)c1cc(-c3ccc4sc5ccc(-n6c7c(c8ccccc86)C=CCC7C)cc5c4c3)ccc12. The molecule has 4 aromatic carbocycles. The summed E-state index contributed by atoms with van der Waals surface area (Å²) in [6.45, 7) is 9.60. The fourth-order valence-electron chi connectivity index (χ4n) is 8.48. The molecule has 0 aliphatic heterocycles. The maximum absolute atomic E-state index is 2.53. The highest BCUT2D eigenvalue weighted by Crippen LogP contribution is 2.53. The molecule has 43 heavy (non-hydrogen) atoms. The molecule has 2 unspecified atom stereocenters. The number of benzene rings is 4. The molecule has 2 heterocycles. The molecular formula is C41H35NS. The van der Waals surface area contributed by atoms with Crippen LogP contribution in [0.15, 0.2) is 103 Å². The highest BCUT2D eigenvalue weighted by Gasteiger charge is 2.40. The van der Waals surface area contributed by atoms with Crippen molar-refractivity contribution in [2.45, 2.75) is 51.9 Å². The van der Waals surface area contributed by atoms with Gasteiger partial charge in [0.25, 0.3) is 0 Å². The quantitative estimate of drug-likeness (QED) is 0.194. The van der Waals surface area contributed by atoms with E-state index < -0.39 is 0 Å². The Morgan fingerprint density at radius 3 is 2.33 bits per heavy atom. The number of fused-ring (bicyclic) bond motifs is 8. The Morgan fingerprint density at radius 1 is 0.721 bits per heavy atom. The number of hydrogen-bond donors (Lipinski definition) is 0. The molecule has 2 aromatic heterocycles. The van der Waals surface area contributed by atoms with Crippen molar-refractivity contribution in [2.24, 2.45) is 5.92 Å². The molecule has 3 aliphatic carbocycles. The van der Waals surface area contributed by atoms with Crippen molar-refractivity contribution < 1.29 is 0 Å². The number of nitrogens with zero attached hydrogens (tertiary/aromatic N) is 1. The predicted molar refractivity (Wildman–Crippen MR) is 187 cm³/mol. The lowest BCUT2D eigenvalue weighted by atomic mass is 9.74. The van der Waals surface area contributed by atoms with Crippen molar-refractivity contribution in [1.82, 2.24) is 4.57 Å². The molecule has 6 aromatic rings. The minimum Gasteiger partial charge on any atom is -0.313 e. The fraction of sp³-hybridized carbons (Fsp3) is 0.220. The molecule has 0 amide bonds. The minimum absolute atomic E-state index is 0.0595. The van der Waals surface area contributed by atoms with Gasteiger partial charge in [-0.1, -0.05) is 88.4 Å². The Morgan fingerprint density at radius 2 is 1.44 bits per heavy atom. The van der Waals surface area contributed by atoms with Crippen LogP contribution in [0.25, 0.3) is 59.5 Å². The van der Waals surface area contributed by atoms with Gasteiger partial charge in [0.2, 0.25) is 0 Å². The van der Waals surface area contributed by atoms with Crippen molar-refractivity contribution in [3.63, 3.8) is 0 Å². The monoisotopic (exact) mass is 573 g/mol. The maximum atomic E-state index is 2.53. The van der Waals surface area contributed by atoms with Gasteiger partial charge in [-0.05, 0) is 94.6 Å². The Kier molecular flexibility index (Phi) is 5.27. The van der Waals surface area contributed by atoms with Gasteiger partial charge in [0.05, 0.1) is 5.52 Å². The van der Waals surface area contributed by atoms with Gasteiger partial charge in [0.1, 0.15) is 0 Å². The van der Waals surface area contributed by atoms with Crippen LogP contribution in [-0.4, -0.2) is 4.57 Å². The molecule has 1 nitrogen and oxygen atoms in total. The lowest BCUT2D eigenvalue weighted by Crippen LogP contribution is -2.22. The molecule has 3 aliphatic rings. The van der Waals surface area contributed by atoms with Gasteiger partial charge in [-0.25, -0.2) is 0 Å². The van der Waals surface area contributed by atoms with Gasteiger partial charge in [-0.2, -0.15) is 0 Å². The third-order valence-electron chi connectivity index (χ3n) is 10.5. The van der Waals surface area contributed by atoms with Gasteiger partial charge < -0.3 is 4.57 Å². The summed E-state index contributed by atoms with van der Waals surface area (Å²) in [5, 5.41) is 4.05. The van der Waals surface area contributed by atoms with Crippen molar-refractivity contribution in [3.8, 4) is 16.8 Å². The van der Waals surface area contributed by atoms with Crippen molar-refractivity contribution in [1.29, 1.82) is 0 Å². The summed E-state index contributed by atoms with van der Waals surface area (Å²) in [5.74, 6) is 1.08. The van der Waals surface area contributed by atoms with Crippen LogP contribution in [0.2, 0.25) is 0 Å². The summed E-state index contributed by atoms with van der Waals surface area (Å²) in [4.78, 5) is 0. The first-order valence-electron chi connectivity index (χ1n) is 15.7. The van der Waals surface area contributed by atoms with E-state index >= 15 is 0 Å². The highest BCUT2D eigenvalue weighted by molar-refractivity contribution is 7.25. The summed E-state index contributed by atoms with van der Waals surface area (Å²) in [7, 11) is 0. The minimum atomic E-state index is 0.0595. The van der Waals surface area contributed by atoms with Crippen LogP contribution in [0.1, 0.15) is 68.8 Å². The van der Waals surface area contributed by atoms with Crippen molar-refractivity contribution in [2.75, 3.05) is 0 Å². The van der Waals surface area contributed by atoms with Gasteiger partial charge >= 0.3 is 0 Å². The van der Waals surface area contributed by atoms with E-state index in [1.165, 1.54) is 75.8 Å². The van der Waals surface area contributed by atoms with E-state index in [2.05, 4.69) is 135 Å². The van der Waals surface area contributed by atoms with Crippen LogP contribution in [0.3, 0.4) is 0 Å². The standard InChI is InChI=1S/C41H35NS/c1-24-9-7-12-31-29-18-15-27(22-35(29)41(3,4)39(24)31)26-16-19-37-33(21-26)34-23-28(17-20-38(34)43-37)42-36-14-6-5-11-30(36)32-13-8-10-25(2)40(32)42/h5-8,11-25H,9-10H2,1-4H3. The maximum Gasteiger partial charge on any atom is 0.0537 e. The largest absolute Gasteiger partial charge is 0.313 e. The first-order valence-corrected chi connectivity index (χ1v) is 16.5. The summed E-state index contributed by atoms with van der Waals surface area (Å²) >= 11 is 1.90. The molecule has 0 bridgehead atoms. The molecule has 0 N–H and O–H groups in total. The van der Waals surface area contributed by atoms with E-state index in [9.17, 15) is 0 Å². The van der Waals surface area contributed by atoms with Gasteiger partial charge in [0.15, 0.2) is 0 Å². The zero-order valence-electron chi connectivity index (χ0n) is 25.2. The molecule has 0 fully saturated rings. The Bertz CT molecular complexity index is 2240. The molecule has 2 heteroatoms. The molecular weight excluding hydrogens is 539 g/mol. The lowest BCUT2D eigenvalue weighted by molar-refractivity contribution is 0.530. The van der Waals surface area contributed by atoms with Crippen LogP contribution < -0.4 is 0 Å². The normalized spacial score (nSPS) is 20.3. The number of aromatic nitrogens is 1. The zero-order chi connectivity index (χ0) is 29.0. The van der Waals surface area contributed by atoms with E-state index in [-0.39, 0.29) is 5.41 Å². The van der Waals surface area contributed by atoms with Crippen LogP contribution in [0.5, 0.6) is 0 Å². The summed E-state index contributed by atoms with van der Waals surface area (Å²) < 4.78 is 5.23. The van der Waals surface area contributed by atoms with Gasteiger partial charge in [-0.3, -0.25) is 0 Å². The van der Waals surface area contributed by atoms with Gasteiger partial charge in [-0.15, -0.1) is 11.3 Å². The van der Waals surface area contributed by atoms with Gasteiger partial charge in [0, 0.05) is 53.8 Å². The number of allylic oxidation sites excluding steroid dienone is 5. The molecule has 0 saturated carbocycles. The summed E-state index contributed by atoms with van der Waals surface area (Å²) in [6, 6.07) is 30.3. The Balaban J connectivity index is 1.20. The molecule has 0 spiro atoms. The predicted octanol–water partition coefficient (Wildman–Crippen LogP) is 11.8. The van der Waals surface area contributed by atoms with Crippen molar-refractivity contribution >= 4 is 54.1 Å². The second kappa shape index (κ2) is 8.94. The van der Waals surface area contributed by atoms with E-state index in [1.807, 2.05) is 11.3 Å². The molecule has 0 radical (unpaired) electrons. The van der Waals surface area contributed by atoms with Crippen LogP contribution >= 0.6 is 11.3 Å². The van der Waals surface area contributed by atoms with E-state index in [4.69, 9.17) is 0 Å². The van der Waals surface area contributed by atoms with E-state index in [0.717, 1.165) is 12.8 Å². The van der Waals surface area contributed by atoms with Crippen molar-refractivity contribution in [3.05, 3.63) is 125 Å². The number of thiophene rings is 1. The first-order chi connectivity index (χ1) is 20.9. The number of para-hydroxylation sites is 1. The zero-order valence-corrected chi connectivity index (χ0v) is 26.1. The average Bonchev–Trinajstić information content (AvgIpc) is 3.63. The highest BCUT2D eigenvalue weighted by atomic mass is 32.1. The van der Waals surface area contributed by atoms with E-state index in [1.54, 1.807) is 5.57 Å². The van der Waals surface area contributed by atoms with E-state index in [0.29, 0.717) is 11.8 Å². The first kappa shape index (κ1) is 25.4. The molecule has 0 saturated heterocycles. The fourth-order valence-corrected chi connectivity index (χ4v) is 9.55. The third kappa shape index (κ3) is 3.50. The topological polar surface area (TPSA) is 4.93 Å². The summed E-state index contributed by atoms with van der Waals surface area (Å²) in [6.07, 6.45) is 11.6. The van der Waals surface area contributed by atoms with Crippen LogP contribution in [0, 0.1) is 5.92 Å². The number of hydrogen-bond acceptors (Lipinski definition) is 1. The summed E-state index contributed by atoms with van der Waals surface area (Å²) in [5.41, 5.74) is 14.0. The number of rotatable bonds is 2. The molecule has 210 valence electrons. The Labute approximate surface area is 257 Å². The third-order valence-corrected chi connectivity index (χ3v) is 11.6. The lowest BCUT2D eigenvalue weighted by Gasteiger charge is -2.30. The second-order valence-corrected chi connectivity index (χ2v) is 14.5. The smallest absolute Gasteiger partial charge is 0.0537 e. The molecule has 2 atom stereocenters. The van der Waals surface area contributed by atoms with Crippen LogP contribution in [0.4, 0.5) is 0 Å². The van der Waals surface area contributed by atoms with Crippen LogP contribution in [-0.2, 0) is 5.41 Å². The average molecular weight is 574 g/mol. The Hall–Kier alpha value is -4.14. The molecule has 9 rings (SSSR count).